The molecule has 110 valence electrons. The van der Waals surface area contributed by atoms with Gasteiger partial charge < -0.3 is 5.32 Å². The summed E-state index contributed by atoms with van der Waals surface area (Å²) in [5, 5.41) is 5.41. The van der Waals surface area contributed by atoms with Gasteiger partial charge in [-0.1, -0.05) is 62.4 Å². The maximum absolute atomic E-state index is 12.1. The SMILES string of the molecule is O=C(CCC1CCCCC1)Nc1ccc2ccccc2c1. The van der Waals surface area contributed by atoms with Crippen molar-refractivity contribution in [3.05, 3.63) is 42.5 Å². The van der Waals surface area contributed by atoms with Gasteiger partial charge in [-0.25, -0.2) is 0 Å². The summed E-state index contributed by atoms with van der Waals surface area (Å²) in [7, 11) is 0. The quantitative estimate of drug-likeness (QED) is 0.826. The molecule has 1 amide bonds. The fourth-order valence-electron chi connectivity index (χ4n) is 3.30. The van der Waals surface area contributed by atoms with Crippen molar-refractivity contribution in [3.63, 3.8) is 0 Å². The standard InChI is InChI=1S/C19H23NO/c21-19(13-10-15-6-2-1-3-7-15)20-18-12-11-16-8-4-5-9-17(16)14-18/h4-5,8-9,11-12,14-15H,1-3,6-7,10,13H2,(H,20,21). The number of benzene rings is 2. The topological polar surface area (TPSA) is 29.1 Å². The van der Waals surface area contributed by atoms with Crippen molar-refractivity contribution in [2.24, 2.45) is 5.92 Å². The minimum absolute atomic E-state index is 0.149. The van der Waals surface area contributed by atoms with Gasteiger partial charge in [0.2, 0.25) is 5.91 Å². The van der Waals surface area contributed by atoms with Crippen LogP contribution in [0.1, 0.15) is 44.9 Å². The van der Waals surface area contributed by atoms with E-state index in [9.17, 15) is 4.79 Å². The number of nitrogens with one attached hydrogen (secondary N) is 1. The molecule has 2 aromatic rings. The second-order valence-electron chi connectivity index (χ2n) is 6.15. The lowest BCUT2D eigenvalue weighted by molar-refractivity contribution is -0.116. The zero-order chi connectivity index (χ0) is 14.5. The predicted octanol–water partition coefficient (Wildman–Crippen LogP) is 5.14. The Morgan fingerprint density at radius 1 is 1.00 bits per heavy atom. The van der Waals surface area contributed by atoms with Crippen molar-refractivity contribution >= 4 is 22.4 Å². The molecule has 0 unspecified atom stereocenters. The number of carbonyl (C=O) groups excluding carboxylic acids is 1. The summed E-state index contributed by atoms with van der Waals surface area (Å²) < 4.78 is 0. The minimum Gasteiger partial charge on any atom is -0.326 e. The molecule has 2 heteroatoms. The third-order valence-electron chi connectivity index (χ3n) is 4.54. The summed E-state index contributed by atoms with van der Waals surface area (Å²) in [6, 6.07) is 14.3. The Bertz CT molecular complexity index is 614. The fraction of sp³-hybridized carbons (Fsp3) is 0.421. The van der Waals surface area contributed by atoms with Crippen LogP contribution in [0.3, 0.4) is 0 Å². The van der Waals surface area contributed by atoms with E-state index in [2.05, 4.69) is 23.5 Å². The number of anilines is 1. The molecular weight excluding hydrogens is 258 g/mol. The Morgan fingerprint density at radius 3 is 2.57 bits per heavy atom. The minimum atomic E-state index is 0.149. The Balaban J connectivity index is 1.55. The summed E-state index contributed by atoms with van der Waals surface area (Å²) in [6.45, 7) is 0. The number of rotatable bonds is 4. The van der Waals surface area contributed by atoms with E-state index in [1.807, 2.05) is 24.3 Å². The highest BCUT2D eigenvalue weighted by molar-refractivity contribution is 5.94. The van der Waals surface area contributed by atoms with Gasteiger partial charge in [-0.2, -0.15) is 0 Å². The van der Waals surface area contributed by atoms with Gasteiger partial charge in [-0.15, -0.1) is 0 Å². The molecule has 2 nitrogen and oxygen atoms in total. The molecule has 3 rings (SSSR count). The van der Waals surface area contributed by atoms with E-state index in [0.29, 0.717) is 6.42 Å². The van der Waals surface area contributed by atoms with Crippen LogP contribution in [-0.4, -0.2) is 5.91 Å². The van der Waals surface area contributed by atoms with E-state index in [-0.39, 0.29) is 5.91 Å². The zero-order valence-corrected chi connectivity index (χ0v) is 12.5. The van der Waals surface area contributed by atoms with Gasteiger partial charge >= 0.3 is 0 Å². The monoisotopic (exact) mass is 281 g/mol. The maximum atomic E-state index is 12.1. The lowest BCUT2D eigenvalue weighted by Gasteiger charge is -2.21. The van der Waals surface area contributed by atoms with Gasteiger partial charge in [0.05, 0.1) is 0 Å². The van der Waals surface area contributed by atoms with Gasteiger partial charge in [0.25, 0.3) is 0 Å². The highest BCUT2D eigenvalue weighted by Gasteiger charge is 2.14. The van der Waals surface area contributed by atoms with Gasteiger partial charge in [0.1, 0.15) is 0 Å². The number of fused-ring (bicyclic) bond motifs is 1. The molecule has 1 saturated carbocycles. The molecule has 2 aromatic carbocycles. The average Bonchev–Trinajstić information content (AvgIpc) is 2.54. The molecule has 0 radical (unpaired) electrons. The smallest absolute Gasteiger partial charge is 0.224 e. The van der Waals surface area contributed by atoms with Gasteiger partial charge in [-0.05, 0) is 35.2 Å². The first-order valence-electron chi connectivity index (χ1n) is 8.10. The van der Waals surface area contributed by atoms with Crippen LogP contribution in [0, 0.1) is 5.92 Å². The van der Waals surface area contributed by atoms with Gasteiger partial charge in [0, 0.05) is 12.1 Å². The molecule has 0 heterocycles. The van der Waals surface area contributed by atoms with Crippen LogP contribution in [-0.2, 0) is 4.79 Å². The summed E-state index contributed by atoms with van der Waals surface area (Å²) in [5.41, 5.74) is 0.905. The Hall–Kier alpha value is -1.83. The number of carbonyl (C=O) groups is 1. The number of amides is 1. The van der Waals surface area contributed by atoms with E-state index in [1.54, 1.807) is 0 Å². The van der Waals surface area contributed by atoms with Crippen molar-refractivity contribution < 1.29 is 4.79 Å². The van der Waals surface area contributed by atoms with Crippen molar-refractivity contribution in [1.82, 2.24) is 0 Å². The summed E-state index contributed by atoms with van der Waals surface area (Å²) in [4.78, 5) is 12.1. The number of hydrogen-bond acceptors (Lipinski definition) is 1. The number of hydrogen-bond donors (Lipinski definition) is 1. The highest BCUT2D eigenvalue weighted by Crippen LogP contribution is 2.27. The van der Waals surface area contributed by atoms with E-state index in [4.69, 9.17) is 0 Å². The molecule has 0 aliphatic heterocycles. The molecule has 21 heavy (non-hydrogen) atoms. The third kappa shape index (κ3) is 3.84. The normalized spacial score (nSPS) is 16.0. The molecule has 0 bridgehead atoms. The molecule has 0 atom stereocenters. The fourth-order valence-corrected chi connectivity index (χ4v) is 3.30. The van der Waals surface area contributed by atoms with Gasteiger partial charge in [-0.3, -0.25) is 4.79 Å². The van der Waals surface area contributed by atoms with E-state index >= 15 is 0 Å². The van der Waals surface area contributed by atoms with Crippen LogP contribution in [0.2, 0.25) is 0 Å². The first-order chi connectivity index (χ1) is 10.3. The van der Waals surface area contributed by atoms with Gasteiger partial charge in [0.15, 0.2) is 0 Å². The van der Waals surface area contributed by atoms with Crippen LogP contribution in [0.5, 0.6) is 0 Å². The second-order valence-corrected chi connectivity index (χ2v) is 6.15. The van der Waals surface area contributed by atoms with E-state index in [1.165, 1.54) is 42.9 Å². The predicted molar refractivity (Wildman–Crippen MR) is 88.4 cm³/mol. The summed E-state index contributed by atoms with van der Waals surface area (Å²) in [6.07, 6.45) is 8.37. The van der Waals surface area contributed by atoms with Crippen LogP contribution < -0.4 is 5.32 Å². The van der Waals surface area contributed by atoms with Crippen molar-refractivity contribution in [2.45, 2.75) is 44.9 Å². The van der Waals surface area contributed by atoms with E-state index in [0.717, 1.165) is 18.0 Å². The van der Waals surface area contributed by atoms with Crippen molar-refractivity contribution in [1.29, 1.82) is 0 Å². The first-order valence-corrected chi connectivity index (χ1v) is 8.10. The lowest BCUT2D eigenvalue weighted by atomic mass is 9.86. The lowest BCUT2D eigenvalue weighted by Crippen LogP contribution is -2.14. The Morgan fingerprint density at radius 2 is 1.76 bits per heavy atom. The largest absolute Gasteiger partial charge is 0.326 e. The molecule has 1 N–H and O–H groups in total. The second kappa shape index (κ2) is 6.75. The molecule has 1 fully saturated rings. The van der Waals surface area contributed by atoms with E-state index < -0.39 is 0 Å². The highest BCUT2D eigenvalue weighted by atomic mass is 16.1. The maximum Gasteiger partial charge on any atom is 0.224 e. The first kappa shape index (κ1) is 14.1. The van der Waals surface area contributed by atoms with Crippen LogP contribution in [0.15, 0.2) is 42.5 Å². The molecule has 0 saturated heterocycles. The van der Waals surface area contributed by atoms with Crippen molar-refractivity contribution in [2.75, 3.05) is 5.32 Å². The Kier molecular flexibility index (Phi) is 4.54. The Labute approximate surface area is 126 Å². The summed E-state index contributed by atoms with van der Waals surface area (Å²) in [5.74, 6) is 0.914. The van der Waals surface area contributed by atoms with Crippen molar-refractivity contribution in [3.8, 4) is 0 Å². The molecule has 0 aromatic heterocycles. The molecule has 1 aliphatic rings. The van der Waals surface area contributed by atoms with Crippen LogP contribution >= 0.6 is 0 Å². The zero-order valence-electron chi connectivity index (χ0n) is 12.5. The van der Waals surface area contributed by atoms with Crippen LogP contribution in [0.25, 0.3) is 10.8 Å². The molecule has 1 aliphatic carbocycles. The average molecular weight is 281 g/mol. The third-order valence-corrected chi connectivity index (χ3v) is 4.54. The molecule has 0 spiro atoms. The summed E-state index contributed by atoms with van der Waals surface area (Å²) >= 11 is 0. The van der Waals surface area contributed by atoms with Crippen LogP contribution in [0.4, 0.5) is 5.69 Å². The molecular formula is C19H23NO.